The first-order valence-electron chi connectivity index (χ1n) is 5.66. The molecule has 0 bridgehead atoms. The van der Waals surface area contributed by atoms with Gasteiger partial charge in [-0.3, -0.25) is 4.79 Å². The molecule has 0 fully saturated rings. The number of hydrogen-bond donors (Lipinski definition) is 3. The maximum absolute atomic E-state index is 11.6. The Bertz CT molecular complexity index is 256. The monoisotopic (exact) mass is 246 g/mol. The number of carbonyl (C=O) groups is 2. The fourth-order valence-corrected chi connectivity index (χ4v) is 1.35. The van der Waals surface area contributed by atoms with Gasteiger partial charge < -0.3 is 20.9 Å². The smallest absolute Gasteiger partial charge is 0.326 e. The number of methoxy groups -OCH3 is 1. The van der Waals surface area contributed by atoms with Crippen molar-refractivity contribution in [3.8, 4) is 0 Å². The summed E-state index contributed by atoms with van der Waals surface area (Å²) in [5, 5.41) is 11.4. The van der Waals surface area contributed by atoms with Gasteiger partial charge in [0.2, 0.25) is 5.91 Å². The van der Waals surface area contributed by atoms with E-state index in [-0.39, 0.29) is 5.92 Å². The third-order valence-corrected chi connectivity index (χ3v) is 2.29. The summed E-state index contributed by atoms with van der Waals surface area (Å²) in [5.74, 6) is -1.30. The first kappa shape index (κ1) is 15.9. The first-order chi connectivity index (χ1) is 7.88. The zero-order valence-electron chi connectivity index (χ0n) is 10.6. The molecule has 2 atom stereocenters. The fourth-order valence-electron chi connectivity index (χ4n) is 1.35. The molecular weight excluding hydrogens is 224 g/mol. The van der Waals surface area contributed by atoms with E-state index in [1.807, 2.05) is 13.8 Å². The van der Waals surface area contributed by atoms with Crippen LogP contribution in [0.1, 0.15) is 26.7 Å². The lowest BCUT2D eigenvalue weighted by Crippen LogP contribution is -2.49. The van der Waals surface area contributed by atoms with Crippen LogP contribution in [0.5, 0.6) is 0 Å². The fraction of sp³-hybridized carbons (Fsp3) is 0.818. The number of hydrogen-bond acceptors (Lipinski definition) is 4. The average Bonchev–Trinajstić information content (AvgIpc) is 2.23. The highest BCUT2D eigenvalue weighted by molar-refractivity contribution is 5.86. The molecule has 0 spiro atoms. The van der Waals surface area contributed by atoms with Crippen molar-refractivity contribution in [3.63, 3.8) is 0 Å². The standard InChI is InChI=1S/C11H22N2O4/c1-7(2)6-9(11(15)16)13-10(14)8(12)4-5-17-3/h7-9H,4-6,12H2,1-3H3,(H,13,14)(H,15,16)/t8?,9-/m1/s1. The number of ether oxygens (including phenoxy) is 1. The molecular formula is C11H22N2O4. The Kier molecular flexibility index (Phi) is 7.49. The molecule has 0 radical (unpaired) electrons. The van der Waals surface area contributed by atoms with Crippen LogP contribution < -0.4 is 11.1 Å². The SMILES string of the molecule is COCCC(N)C(=O)N[C@H](CC(C)C)C(=O)O. The second kappa shape index (κ2) is 8.03. The highest BCUT2D eigenvalue weighted by Gasteiger charge is 2.23. The van der Waals surface area contributed by atoms with E-state index in [1.165, 1.54) is 7.11 Å². The molecule has 4 N–H and O–H groups in total. The number of amides is 1. The molecule has 100 valence electrons. The van der Waals surface area contributed by atoms with Gasteiger partial charge in [0.15, 0.2) is 0 Å². The van der Waals surface area contributed by atoms with Crippen LogP contribution >= 0.6 is 0 Å². The largest absolute Gasteiger partial charge is 0.480 e. The van der Waals surface area contributed by atoms with Gasteiger partial charge in [0.05, 0.1) is 6.04 Å². The van der Waals surface area contributed by atoms with Crippen LogP contribution in [0.3, 0.4) is 0 Å². The van der Waals surface area contributed by atoms with E-state index in [0.29, 0.717) is 19.4 Å². The number of rotatable bonds is 8. The van der Waals surface area contributed by atoms with Gasteiger partial charge in [-0.2, -0.15) is 0 Å². The molecule has 1 amide bonds. The molecule has 0 saturated carbocycles. The second-order valence-electron chi connectivity index (χ2n) is 4.42. The Hall–Kier alpha value is -1.14. The molecule has 17 heavy (non-hydrogen) atoms. The summed E-state index contributed by atoms with van der Waals surface area (Å²) < 4.78 is 4.80. The minimum absolute atomic E-state index is 0.187. The second-order valence-corrected chi connectivity index (χ2v) is 4.42. The molecule has 0 aliphatic heterocycles. The maximum Gasteiger partial charge on any atom is 0.326 e. The van der Waals surface area contributed by atoms with Crippen molar-refractivity contribution in [1.29, 1.82) is 0 Å². The van der Waals surface area contributed by atoms with E-state index in [1.54, 1.807) is 0 Å². The van der Waals surface area contributed by atoms with Crippen LogP contribution in [-0.2, 0) is 14.3 Å². The van der Waals surface area contributed by atoms with Crippen molar-refractivity contribution in [2.75, 3.05) is 13.7 Å². The number of carbonyl (C=O) groups excluding carboxylic acids is 1. The summed E-state index contributed by atoms with van der Waals surface area (Å²) in [6, 6.07) is -1.61. The zero-order valence-corrected chi connectivity index (χ0v) is 10.6. The minimum Gasteiger partial charge on any atom is -0.480 e. The molecule has 0 heterocycles. The van der Waals surface area contributed by atoms with Crippen molar-refractivity contribution < 1.29 is 19.4 Å². The highest BCUT2D eigenvalue weighted by atomic mass is 16.5. The van der Waals surface area contributed by atoms with Gasteiger partial charge in [0.1, 0.15) is 6.04 Å². The topological polar surface area (TPSA) is 102 Å². The van der Waals surface area contributed by atoms with Crippen molar-refractivity contribution >= 4 is 11.9 Å². The molecule has 0 aromatic carbocycles. The quantitative estimate of drug-likeness (QED) is 0.558. The third-order valence-electron chi connectivity index (χ3n) is 2.29. The molecule has 0 aromatic rings. The Morgan fingerprint density at radius 1 is 1.41 bits per heavy atom. The van der Waals surface area contributed by atoms with Crippen LogP contribution in [0.25, 0.3) is 0 Å². The van der Waals surface area contributed by atoms with Gasteiger partial charge in [-0.15, -0.1) is 0 Å². The molecule has 0 saturated heterocycles. The summed E-state index contributed by atoms with van der Waals surface area (Å²) in [4.78, 5) is 22.5. The maximum atomic E-state index is 11.6. The Balaban J connectivity index is 4.25. The summed E-state index contributed by atoms with van der Waals surface area (Å²) >= 11 is 0. The lowest BCUT2D eigenvalue weighted by Gasteiger charge is -2.19. The molecule has 0 aromatic heterocycles. The van der Waals surface area contributed by atoms with Gasteiger partial charge >= 0.3 is 5.97 Å². The van der Waals surface area contributed by atoms with E-state index in [0.717, 1.165) is 0 Å². The lowest BCUT2D eigenvalue weighted by molar-refractivity contribution is -0.142. The summed E-state index contributed by atoms with van der Waals surface area (Å²) in [6.45, 7) is 4.16. The van der Waals surface area contributed by atoms with Crippen LogP contribution in [0.15, 0.2) is 0 Å². The van der Waals surface area contributed by atoms with E-state index in [9.17, 15) is 9.59 Å². The number of nitrogens with one attached hydrogen (secondary N) is 1. The van der Waals surface area contributed by atoms with Crippen molar-refractivity contribution in [2.24, 2.45) is 11.7 Å². The van der Waals surface area contributed by atoms with Gasteiger partial charge in [0, 0.05) is 13.7 Å². The van der Waals surface area contributed by atoms with E-state index in [2.05, 4.69) is 5.32 Å². The number of carboxylic acid groups (broad SMARTS) is 1. The third kappa shape index (κ3) is 6.91. The molecule has 0 aliphatic rings. The Labute approximate surface area is 102 Å². The van der Waals surface area contributed by atoms with Crippen LogP contribution in [-0.4, -0.2) is 42.8 Å². The molecule has 6 nitrogen and oxygen atoms in total. The average molecular weight is 246 g/mol. The van der Waals surface area contributed by atoms with Gasteiger partial charge in [-0.1, -0.05) is 13.8 Å². The van der Waals surface area contributed by atoms with E-state index < -0.39 is 24.0 Å². The zero-order chi connectivity index (χ0) is 13.4. The molecule has 1 unspecified atom stereocenters. The van der Waals surface area contributed by atoms with Crippen LogP contribution in [0.4, 0.5) is 0 Å². The normalized spacial score (nSPS) is 14.4. The van der Waals surface area contributed by atoms with Gasteiger partial charge in [0.25, 0.3) is 0 Å². The Morgan fingerprint density at radius 3 is 2.41 bits per heavy atom. The predicted octanol–water partition coefficient (Wildman–Crippen LogP) is -0.0343. The predicted molar refractivity (Wildman–Crippen MR) is 63.5 cm³/mol. The van der Waals surface area contributed by atoms with E-state index >= 15 is 0 Å². The summed E-state index contributed by atoms with van der Waals surface area (Å²) in [6.07, 6.45) is 0.758. The number of carboxylic acids is 1. The highest BCUT2D eigenvalue weighted by Crippen LogP contribution is 2.05. The molecule has 0 aliphatic carbocycles. The van der Waals surface area contributed by atoms with Gasteiger partial charge in [-0.25, -0.2) is 4.79 Å². The Morgan fingerprint density at radius 2 is 2.00 bits per heavy atom. The van der Waals surface area contributed by atoms with Crippen molar-refractivity contribution in [3.05, 3.63) is 0 Å². The summed E-state index contributed by atoms with van der Waals surface area (Å²) in [5.41, 5.74) is 5.60. The number of aliphatic carboxylic acids is 1. The lowest BCUT2D eigenvalue weighted by atomic mass is 10.0. The van der Waals surface area contributed by atoms with E-state index in [4.69, 9.17) is 15.6 Å². The van der Waals surface area contributed by atoms with Gasteiger partial charge in [-0.05, 0) is 18.8 Å². The van der Waals surface area contributed by atoms with Crippen LogP contribution in [0, 0.1) is 5.92 Å². The molecule has 0 rings (SSSR count). The summed E-state index contributed by atoms with van der Waals surface area (Å²) in [7, 11) is 1.52. The van der Waals surface area contributed by atoms with Crippen molar-refractivity contribution in [1.82, 2.24) is 5.32 Å². The first-order valence-corrected chi connectivity index (χ1v) is 5.66. The van der Waals surface area contributed by atoms with Crippen molar-refractivity contribution in [2.45, 2.75) is 38.8 Å². The minimum atomic E-state index is -1.04. The molecule has 6 heteroatoms. The number of nitrogens with two attached hydrogens (primary N) is 1. The van der Waals surface area contributed by atoms with Crippen LogP contribution in [0.2, 0.25) is 0 Å².